The van der Waals surface area contributed by atoms with E-state index in [1.54, 1.807) is 31.3 Å². The third kappa shape index (κ3) is 3.33. The van der Waals surface area contributed by atoms with Crippen molar-refractivity contribution in [3.63, 3.8) is 0 Å². The van der Waals surface area contributed by atoms with Crippen molar-refractivity contribution < 1.29 is 4.79 Å². The minimum atomic E-state index is -0.281. The van der Waals surface area contributed by atoms with Gasteiger partial charge in [0.05, 0.1) is 27.9 Å². The molecule has 2 N–H and O–H groups in total. The van der Waals surface area contributed by atoms with Crippen LogP contribution in [0.4, 0.5) is 11.4 Å². The maximum absolute atomic E-state index is 12.4. The molecule has 5 heteroatoms. The molecule has 0 bridgehead atoms. The molecule has 2 aromatic rings. The zero-order valence-corrected chi connectivity index (χ0v) is 12.5. The summed E-state index contributed by atoms with van der Waals surface area (Å²) in [7, 11) is 1.76. The van der Waals surface area contributed by atoms with Crippen molar-refractivity contribution in [3.05, 3.63) is 58.1 Å². The fourth-order valence-electron chi connectivity index (χ4n) is 1.94. The van der Waals surface area contributed by atoms with Gasteiger partial charge in [0.15, 0.2) is 0 Å². The van der Waals surface area contributed by atoms with Crippen LogP contribution >= 0.6 is 11.6 Å². The van der Waals surface area contributed by atoms with Gasteiger partial charge in [-0.3, -0.25) is 4.79 Å². The van der Waals surface area contributed by atoms with Crippen molar-refractivity contribution >= 4 is 28.9 Å². The number of carbonyl (C=O) groups is 1. The Morgan fingerprint density at radius 2 is 1.95 bits per heavy atom. The number of benzene rings is 2. The Bertz CT molecular complexity index is 735. The molecule has 0 aromatic heterocycles. The molecule has 0 unspecified atom stereocenters. The molecule has 1 amide bonds. The van der Waals surface area contributed by atoms with Gasteiger partial charge in [-0.2, -0.15) is 5.26 Å². The number of amides is 1. The Morgan fingerprint density at radius 1 is 1.19 bits per heavy atom. The van der Waals surface area contributed by atoms with Gasteiger partial charge >= 0.3 is 0 Å². The topological polar surface area (TPSA) is 64.9 Å². The van der Waals surface area contributed by atoms with Gasteiger partial charge < -0.3 is 10.6 Å². The minimum absolute atomic E-state index is 0.281. The van der Waals surface area contributed by atoms with Gasteiger partial charge in [-0.15, -0.1) is 0 Å². The van der Waals surface area contributed by atoms with E-state index in [1.807, 2.05) is 25.1 Å². The number of rotatable bonds is 3. The number of anilines is 2. The normalized spacial score (nSPS) is 9.81. The number of aryl methyl sites for hydroxylation is 1. The molecule has 0 saturated heterocycles. The van der Waals surface area contributed by atoms with Crippen LogP contribution < -0.4 is 10.6 Å². The van der Waals surface area contributed by atoms with Crippen LogP contribution in [0.1, 0.15) is 21.5 Å². The summed E-state index contributed by atoms with van der Waals surface area (Å²) < 4.78 is 0. The average molecular weight is 300 g/mol. The molecular weight excluding hydrogens is 286 g/mol. The lowest BCUT2D eigenvalue weighted by molar-refractivity contribution is 0.102. The lowest BCUT2D eigenvalue weighted by atomic mass is 10.1. The van der Waals surface area contributed by atoms with Crippen molar-refractivity contribution in [2.75, 3.05) is 17.7 Å². The standard InChI is InChI=1S/C16H14ClN3O/c1-10-3-5-12(14(7-10)19-2)16(21)20-15-8-11(9-18)4-6-13(15)17/h3-8,19H,1-2H3,(H,20,21). The van der Waals surface area contributed by atoms with Crippen molar-refractivity contribution in [3.8, 4) is 6.07 Å². The average Bonchev–Trinajstić information content (AvgIpc) is 2.49. The van der Waals surface area contributed by atoms with Gasteiger partial charge in [0, 0.05) is 12.7 Å². The van der Waals surface area contributed by atoms with Crippen LogP contribution in [-0.2, 0) is 0 Å². The SMILES string of the molecule is CNc1cc(C)ccc1C(=O)Nc1cc(C#N)ccc1Cl. The van der Waals surface area contributed by atoms with Crippen LogP contribution in [0.5, 0.6) is 0 Å². The molecule has 106 valence electrons. The van der Waals surface area contributed by atoms with E-state index in [4.69, 9.17) is 16.9 Å². The lowest BCUT2D eigenvalue weighted by Crippen LogP contribution is -2.14. The second kappa shape index (κ2) is 6.29. The molecule has 21 heavy (non-hydrogen) atoms. The Morgan fingerprint density at radius 3 is 2.62 bits per heavy atom. The molecule has 0 spiro atoms. The van der Waals surface area contributed by atoms with Crippen LogP contribution in [0.3, 0.4) is 0 Å². The van der Waals surface area contributed by atoms with Crippen LogP contribution in [0.2, 0.25) is 5.02 Å². The van der Waals surface area contributed by atoms with Crippen molar-refractivity contribution in [1.82, 2.24) is 0 Å². The maximum atomic E-state index is 12.4. The van der Waals surface area contributed by atoms with Crippen LogP contribution in [-0.4, -0.2) is 13.0 Å². The second-order valence-corrected chi connectivity index (χ2v) is 4.97. The first-order chi connectivity index (χ1) is 10.0. The Hall–Kier alpha value is -2.51. The number of hydrogen-bond donors (Lipinski definition) is 2. The van der Waals surface area contributed by atoms with Gasteiger partial charge in [-0.1, -0.05) is 17.7 Å². The van der Waals surface area contributed by atoms with Gasteiger partial charge in [-0.05, 0) is 42.8 Å². The molecule has 0 heterocycles. The monoisotopic (exact) mass is 299 g/mol. The van der Waals surface area contributed by atoms with E-state index < -0.39 is 0 Å². The van der Waals surface area contributed by atoms with Crippen LogP contribution in [0.25, 0.3) is 0 Å². The molecule has 0 radical (unpaired) electrons. The Balaban J connectivity index is 2.32. The lowest BCUT2D eigenvalue weighted by Gasteiger charge is -2.12. The molecule has 2 aromatic carbocycles. The number of nitrogens with zero attached hydrogens (tertiary/aromatic N) is 1. The molecule has 2 rings (SSSR count). The molecular formula is C16H14ClN3O. The highest BCUT2D eigenvalue weighted by atomic mass is 35.5. The fraction of sp³-hybridized carbons (Fsp3) is 0.125. The third-order valence-electron chi connectivity index (χ3n) is 3.03. The highest BCUT2D eigenvalue weighted by molar-refractivity contribution is 6.34. The van der Waals surface area contributed by atoms with Gasteiger partial charge in [0.2, 0.25) is 0 Å². The first-order valence-electron chi connectivity index (χ1n) is 6.34. The van der Waals surface area contributed by atoms with E-state index in [-0.39, 0.29) is 5.91 Å². The number of nitrogens with one attached hydrogen (secondary N) is 2. The van der Waals surface area contributed by atoms with Crippen molar-refractivity contribution in [2.24, 2.45) is 0 Å². The second-order valence-electron chi connectivity index (χ2n) is 4.56. The summed E-state index contributed by atoms with van der Waals surface area (Å²) in [6.45, 7) is 1.95. The third-order valence-corrected chi connectivity index (χ3v) is 3.36. The number of hydrogen-bond acceptors (Lipinski definition) is 3. The molecule has 0 aliphatic rings. The predicted octanol–water partition coefficient (Wildman–Crippen LogP) is 3.81. The summed E-state index contributed by atoms with van der Waals surface area (Å²) in [5, 5.41) is 15.0. The number of halogens is 1. The first kappa shape index (κ1) is 14.9. The smallest absolute Gasteiger partial charge is 0.257 e. The number of carbonyl (C=O) groups excluding carboxylic acids is 1. The van der Waals surface area contributed by atoms with Crippen LogP contribution in [0.15, 0.2) is 36.4 Å². The summed E-state index contributed by atoms with van der Waals surface area (Å²) in [5.41, 5.74) is 3.16. The van der Waals surface area contributed by atoms with Crippen molar-refractivity contribution in [1.29, 1.82) is 5.26 Å². The minimum Gasteiger partial charge on any atom is -0.387 e. The fourth-order valence-corrected chi connectivity index (χ4v) is 2.11. The molecule has 0 saturated carbocycles. The molecule has 0 fully saturated rings. The molecule has 0 aliphatic heterocycles. The van der Waals surface area contributed by atoms with Crippen LogP contribution in [0, 0.1) is 18.3 Å². The van der Waals surface area contributed by atoms with Crippen molar-refractivity contribution in [2.45, 2.75) is 6.92 Å². The zero-order valence-electron chi connectivity index (χ0n) is 11.7. The molecule has 0 aliphatic carbocycles. The van der Waals surface area contributed by atoms with E-state index in [0.29, 0.717) is 21.8 Å². The van der Waals surface area contributed by atoms with Gasteiger partial charge in [-0.25, -0.2) is 0 Å². The van der Waals surface area contributed by atoms with E-state index in [0.717, 1.165) is 11.3 Å². The summed E-state index contributed by atoms with van der Waals surface area (Å²) in [5.74, 6) is -0.281. The van der Waals surface area contributed by atoms with E-state index in [1.165, 1.54) is 0 Å². The Kier molecular flexibility index (Phi) is 4.46. The predicted molar refractivity (Wildman–Crippen MR) is 84.8 cm³/mol. The zero-order chi connectivity index (χ0) is 15.4. The molecule has 0 atom stereocenters. The first-order valence-corrected chi connectivity index (χ1v) is 6.72. The summed E-state index contributed by atoms with van der Waals surface area (Å²) in [6, 6.07) is 12.3. The number of nitriles is 1. The summed E-state index contributed by atoms with van der Waals surface area (Å²) >= 11 is 6.04. The Labute approximate surface area is 128 Å². The highest BCUT2D eigenvalue weighted by Crippen LogP contribution is 2.25. The maximum Gasteiger partial charge on any atom is 0.257 e. The highest BCUT2D eigenvalue weighted by Gasteiger charge is 2.13. The van der Waals surface area contributed by atoms with Gasteiger partial charge in [0.1, 0.15) is 0 Å². The molecule has 4 nitrogen and oxygen atoms in total. The van der Waals surface area contributed by atoms with E-state index >= 15 is 0 Å². The summed E-state index contributed by atoms with van der Waals surface area (Å²) in [4.78, 5) is 12.4. The van der Waals surface area contributed by atoms with E-state index in [2.05, 4.69) is 10.6 Å². The van der Waals surface area contributed by atoms with E-state index in [9.17, 15) is 4.79 Å². The summed E-state index contributed by atoms with van der Waals surface area (Å²) in [6.07, 6.45) is 0. The quantitative estimate of drug-likeness (QED) is 0.905. The largest absolute Gasteiger partial charge is 0.387 e. The van der Waals surface area contributed by atoms with Gasteiger partial charge in [0.25, 0.3) is 5.91 Å².